The van der Waals surface area contributed by atoms with Crippen molar-refractivity contribution >= 4 is 37.3 Å². The highest BCUT2D eigenvalue weighted by Crippen LogP contribution is 2.27. The SMILES string of the molecule is NC(CCNS(=O)(=O)c1sccc1Br)c1ccccc1. The summed E-state index contributed by atoms with van der Waals surface area (Å²) in [5.74, 6) is 0. The molecule has 0 radical (unpaired) electrons. The lowest BCUT2D eigenvalue weighted by atomic mass is 10.1. The standard InChI is InChI=1S/C13H15BrN2O2S2/c14-11-7-9-19-13(11)20(17,18)16-8-6-12(15)10-4-2-1-3-5-10/h1-5,7,9,12,16H,6,8,15H2. The van der Waals surface area contributed by atoms with Gasteiger partial charge >= 0.3 is 0 Å². The molecule has 1 atom stereocenters. The molecule has 3 N–H and O–H groups in total. The van der Waals surface area contributed by atoms with Crippen LogP contribution in [0.2, 0.25) is 0 Å². The highest BCUT2D eigenvalue weighted by Gasteiger charge is 2.19. The van der Waals surface area contributed by atoms with E-state index in [0.29, 0.717) is 21.6 Å². The number of halogens is 1. The summed E-state index contributed by atoms with van der Waals surface area (Å²) in [6.07, 6.45) is 0.548. The lowest BCUT2D eigenvalue weighted by Crippen LogP contribution is -2.27. The van der Waals surface area contributed by atoms with Crippen molar-refractivity contribution in [2.75, 3.05) is 6.54 Å². The molecular weight excluding hydrogens is 360 g/mol. The third-order valence-corrected chi connectivity index (χ3v) is 6.93. The van der Waals surface area contributed by atoms with Crippen molar-refractivity contribution in [3.05, 3.63) is 51.8 Å². The van der Waals surface area contributed by atoms with Crippen molar-refractivity contribution < 1.29 is 8.42 Å². The minimum atomic E-state index is -3.46. The predicted octanol–water partition coefficient (Wildman–Crippen LogP) is 2.88. The van der Waals surface area contributed by atoms with E-state index in [1.54, 1.807) is 11.4 Å². The van der Waals surface area contributed by atoms with Crippen LogP contribution < -0.4 is 10.5 Å². The van der Waals surface area contributed by atoms with Gasteiger partial charge in [0.2, 0.25) is 0 Å². The first-order valence-corrected chi connectivity index (χ1v) is 9.19. The van der Waals surface area contributed by atoms with E-state index in [1.165, 1.54) is 11.3 Å². The maximum atomic E-state index is 12.1. The Balaban J connectivity index is 1.92. The van der Waals surface area contributed by atoms with Gasteiger partial charge in [0, 0.05) is 17.1 Å². The molecule has 20 heavy (non-hydrogen) atoms. The van der Waals surface area contributed by atoms with E-state index in [0.717, 1.165) is 5.56 Å². The summed E-state index contributed by atoms with van der Waals surface area (Å²) in [6, 6.07) is 11.2. The van der Waals surface area contributed by atoms with E-state index in [-0.39, 0.29) is 6.04 Å². The highest BCUT2D eigenvalue weighted by atomic mass is 79.9. The Morgan fingerprint density at radius 2 is 1.95 bits per heavy atom. The molecule has 1 unspecified atom stereocenters. The molecule has 1 aromatic heterocycles. The van der Waals surface area contributed by atoms with Crippen LogP contribution in [0, 0.1) is 0 Å². The molecule has 2 rings (SSSR count). The van der Waals surface area contributed by atoms with Crippen LogP contribution in [0.25, 0.3) is 0 Å². The molecule has 0 aliphatic heterocycles. The number of thiophene rings is 1. The minimum absolute atomic E-state index is 0.175. The van der Waals surface area contributed by atoms with Crippen LogP contribution in [0.5, 0.6) is 0 Å². The van der Waals surface area contributed by atoms with Gasteiger partial charge < -0.3 is 5.73 Å². The lowest BCUT2D eigenvalue weighted by Gasteiger charge is -2.12. The third-order valence-electron chi connectivity index (χ3n) is 2.80. The average Bonchev–Trinajstić information content (AvgIpc) is 2.86. The normalized spacial score (nSPS) is 13.3. The molecule has 0 aliphatic rings. The van der Waals surface area contributed by atoms with Gasteiger partial charge in [-0.15, -0.1) is 11.3 Å². The van der Waals surface area contributed by atoms with E-state index in [4.69, 9.17) is 5.73 Å². The third kappa shape index (κ3) is 3.89. The zero-order chi connectivity index (χ0) is 14.6. The summed E-state index contributed by atoms with van der Waals surface area (Å²) in [7, 11) is -3.46. The fraction of sp³-hybridized carbons (Fsp3) is 0.231. The number of rotatable bonds is 6. The summed E-state index contributed by atoms with van der Waals surface area (Å²) < 4.78 is 27.6. The van der Waals surface area contributed by atoms with Gasteiger partial charge in [-0.1, -0.05) is 30.3 Å². The molecule has 1 aromatic carbocycles. The first-order valence-electron chi connectivity index (χ1n) is 6.04. The second-order valence-corrected chi connectivity index (χ2v) is 7.99. The van der Waals surface area contributed by atoms with Crippen molar-refractivity contribution in [2.24, 2.45) is 5.73 Å². The van der Waals surface area contributed by atoms with Crippen LogP contribution in [-0.2, 0) is 10.0 Å². The van der Waals surface area contributed by atoms with Gasteiger partial charge in [-0.25, -0.2) is 13.1 Å². The van der Waals surface area contributed by atoms with Crippen LogP contribution in [0.15, 0.2) is 50.5 Å². The van der Waals surface area contributed by atoms with Gasteiger partial charge in [0.15, 0.2) is 0 Å². The Bertz CT molecular complexity index is 656. The van der Waals surface area contributed by atoms with Crippen molar-refractivity contribution in [1.82, 2.24) is 4.72 Å². The number of nitrogens with one attached hydrogen (secondary N) is 1. The van der Waals surface area contributed by atoms with Gasteiger partial charge in [-0.2, -0.15) is 0 Å². The summed E-state index contributed by atoms with van der Waals surface area (Å²) in [5.41, 5.74) is 7.04. The maximum Gasteiger partial charge on any atom is 0.251 e. The fourth-order valence-electron chi connectivity index (χ4n) is 1.75. The van der Waals surface area contributed by atoms with Gasteiger partial charge in [-0.3, -0.25) is 0 Å². The molecule has 0 fully saturated rings. The molecule has 0 aliphatic carbocycles. The average molecular weight is 375 g/mol. The van der Waals surface area contributed by atoms with Crippen LogP contribution in [0.4, 0.5) is 0 Å². The van der Waals surface area contributed by atoms with Crippen molar-refractivity contribution in [1.29, 1.82) is 0 Å². The van der Waals surface area contributed by atoms with Crippen molar-refractivity contribution in [3.63, 3.8) is 0 Å². The van der Waals surface area contributed by atoms with E-state index >= 15 is 0 Å². The Morgan fingerprint density at radius 1 is 1.25 bits per heavy atom. The Morgan fingerprint density at radius 3 is 2.55 bits per heavy atom. The van der Waals surface area contributed by atoms with E-state index in [1.807, 2.05) is 30.3 Å². The first kappa shape index (κ1) is 15.7. The smallest absolute Gasteiger partial charge is 0.251 e. The number of sulfonamides is 1. The number of hydrogen-bond donors (Lipinski definition) is 2. The predicted molar refractivity (Wildman–Crippen MR) is 85.2 cm³/mol. The molecular formula is C13H15BrN2O2S2. The molecule has 0 saturated heterocycles. The molecule has 108 valence electrons. The fourth-order valence-corrected chi connectivity index (χ4v) is 5.18. The Kier molecular flexibility index (Phi) is 5.34. The number of benzene rings is 1. The summed E-state index contributed by atoms with van der Waals surface area (Å²) in [4.78, 5) is 0. The second-order valence-electron chi connectivity index (χ2n) is 4.26. The number of hydrogen-bond acceptors (Lipinski definition) is 4. The lowest BCUT2D eigenvalue weighted by molar-refractivity contribution is 0.571. The van der Waals surface area contributed by atoms with Crippen LogP contribution in [-0.4, -0.2) is 15.0 Å². The Hall–Kier alpha value is -0.730. The summed E-state index contributed by atoms with van der Waals surface area (Å²) in [5, 5.41) is 1.73. The van der Waals surface area contributed by atoms with E-state index < -0.39 is 10.0 Å². The van der Waals surface area contributed by atoms with E-state index in [2.05, 4.69) is 20.7 Å². The van der Waals surface area contributed by atoms with Gasteiger partial charge in [-0.05, 0) is 39.4 Å². The van der Waals surface area contributed by atoms with Gasteiger partial charge in [0.25, 0.3) is 10.0 Å². The van der Waals surface area contributed by atoms with Crippen LogP contribution in [0.1, 0.15) is 18.0 Å². The van der Waals surface area contributed by atoms with Gasteiger partial charge in [0.1, 0.15) is 4.21 Å². The zero-order valence-electron chi connectivity index (χ0n) is 10.6. The minimum Gasteiger partial charge on any atom is -0.324 e. The largest absolute Gasteiger partial charge is 0.324 e. The second kappa shape index (κ2) is 6.82. The molecule has 4 nitrogen and oxygen atoms in total. The number of nitrogens with two attached hydrogens (primary N) is 1. The molecule has 2 aromatic rings. The molecule has 0 bridgehead atoms. The van der Waals surface area contributed by atoms with Crippen LogP contribution >= 0.6 is 27.3 Å². The quantitative estimate of drug-likeness (QED) is 0.816. The van der Waals surface area contributed by atoms with Crippen molar-refractivity contribution in [3.8, 4) is 0 Å². The zero-order valence-corrected chi connectivity index (χ0v) is 13.8. The van der Waals surface area contributed by atoms with Gasteiger partial charge in [0.05, 0.1) is 0 Å². The molecule has 7 heteroatoms. The molecule has 0 spiro atoms. The Labute approximate surface area is 131 Å². The van der Waals surface area contributed by atoms with Crippen molar-refractivity contribution in [2.45, 2.75) is 16.7 Å². The van der Waals surface area contributed by atoms with Crippen LogP contribution in [0.3, 0.4) is 0 Å². The molecule has 1 heterocycles. The summed E-state index contributed by atoms with van der Waals surface area (Å²) >= 11 is 4.41. The topological polar surface area (TPSA) is 72.2 Å². The maximum absolute atomic E-state index is 12.1. The molecule has 0 saturated carbocycles. The monoisotopic (exact) mass is 374 g/mol. The molecule has 0 amide bonds. The highest BCUT2D eigenvalue weighted by molar-refractivity contribution is 9.10. The summed E-state index contributed by atoms with van der Waals surface area (Å²) in [6.45, 7) is 0.308. The van der Waals surface area contributed by atoms with E-state index in [9.17, 15) is 8.42 Å². The first-order chi connectivity index (χ1) is 9.50.